The molecule has 0 amide bonds. The van der Waals surface area contributed by atoms with Gasteiger partial charge < -0.3 is 21.6 Å². The van der Waals surface area contributed by atoms with E-state index in [0.717, 1.165) is 16.6 Å². The molecule has 1 aromatic rings. The van der Waals surface area contributed by atoms with Gasteiger partial charge in [-0.2, -0.15) is 0 Å². The van der Waals surface area contributed by atoms with E-state index in [1.807, 2.05) is 31.2 Å². The van der Waals surface area contributed by atoms with Crippen LogP contribution in [0.2, 0.25) is 0 Å². The molecule has 0 saturated heterocycles. The Morgan fingerprint density at radius 2 is 1.79 bits per heavy atom. The molecule has 0 aliphatic carbocycles. The van der Waals surface area contributed by atoms with E-state index >= 15 is 0 Å². The van der Waals surface area contributed by atoms with Crippen molar-refractivity contribution in [3.63, 3.8) is 0 Å². The molecule has 0 bridgehead atoms. The molecule has 0 fully saturated rings. The van der Waals surface area contributed by atoms with Crippen LogP contribution in [0, 0.1) is 6.92 Å². The Bertz CT molecular complexity index is 419. The van der Waals surface area contributed by atoms with Crippen molar-refractivity contribution >= 4 is 12.0 Å². The molecule has 0 spiro atoms. The van der Waals surface area contributed by atoms with Gasteiger partial charge in [-0.3, -0.25) is 0 Å². The molecule has 4 heteroatoms. The second-order valence-corrected chi connectivity index (χ2v) is 5.43. The van der Waals surface area contributed by atoms with Gasteiger partial charge in [-0.05, 0) is 18.6 Å². The Morgan fingerprint density at radius 3 is 2.32 bits per heavy atom. The summed E-state index contributed by atoms with van der Waals surface area (Å²) in [5.74, 6) is -0.288. The fourth-order valence-corrected chi connectivity index (χ4v) is 1.31. The largest absolute Gasteiger partial charge is 1.00 e. The third-order valence-electron chi connectivity index (χ3n) is 2.50. The van der Waals surface area contributed by atoms with Crippen molar-refractivity contribution in [3.8, 4) is 0 Å². The van der Waals surface area contributed by atoms with Crippen LogP contribution in [0.25, 0.3) is 6.08 Å². The summed E-state index contributed by atoms with van der Waals surface area (Å²) in [6, 6.07) is 7.99. The second kappa shape index (κ2) is 7.97. The molecule has 0 atom stereocenters. The summed E-state index contributed by atoms with van der Waals surface area (Å²) in [6.07, 6.45) is 3.24. The highest BCUT2D eigenvalue weighted by Gasteiger charge is 2.07. The Kier molecular flexibility index (Phi) is 7.42. The minimum atomic E-state index is -0.288. The molecule has 0 aromatic heterocycles. The lowest BCUT2D eigenvalue weighted by molar-refractivity contribution is -0.870. The maximum atomic E-state index is 11.5. The number of carbonyl (C=O) groups is 1. The molecule has 0 aliphatic rings. The van der Waals surface area contributed by atoms with E-state index in [4.69, 9.17) is 4.74 Å². The highest BCUT2D eigenvalue weighted by Crippen LogP contribution is 2.05. The summed E-state index contributed by atoms with van der Waals surface area (Å²) in [4.78, 5) is 11.5. The average molecular weight is 284 g/mol. The van der Waals surface area contributed by atoms with Crippen molar-refractivity contribution in [3.05, 3.63) is 41.5 Å². The molecule has 19 heavy (non-hydrogen) atoms. The van der Waals surface area contributed by atoms with Gasteiger partial charge in [0.1, 0.15) is 13.2 Å². The van der Waals surface area contributed by atoms with Crippen molar-refractivity contribution < 1.29 is 26.4 Å². The van der Waals surface area contributed by atoms with Crippen molar-refractivity contribution in [1.29, 1.82) is 0 Å². The standard InChI is InChI=1S/C15H22NO2.ClH/c1-13-5-7-14(8-6-13)9-10-15(17)18-12-11-16(2,3)4;/h5-10H,11-12H2,1-4H3;1H/q+1;/p-1/b10-9+;. The average Bonchev–Trinajstić information content (AvgIpc) is 2.26. The number of benzene rings is 1. The number of quaternary nitrogens is 1. The van der Waals surface area contributed by atoms with Crippen LogP contribution in [0.4, 0.5) is 0 Å². The normalized spacial score (nSPS) is 11.2. The monoisotopic (exact) mass is 283 g/mol. The lowest BCUT2D eigenvalue weighted by Gasteiger charge is -2.23. The van der Waals surface area contributed by atoms with Crippen LogP contribution in [0.1, 0.15) is 11.1 Å². The number of hydrogen-bond donors (Lipinski definition) is 0. The van der Waals surface area contributed by atoms with Crippen molar-refractivity contribution in [2.45, 2.75) is 6.92 Å². The Morgan fingerprint density at radius 1 is 1.21 bits per heavy atom. The van der Waals surface area contributed by atoms with E-state index in [0.29, 0.717) is 6.61 Å². The number of rotatable bonds is 5. The molecule has 106 valence electrons. The SMILES string of the molecule is Cc1ccc(/C=C/C(=O)OCC[N+](C)(C)C)cc1.[Cl-]. The van der Waals surface area contributed by atoms with Crippen molar-refractivity contribution in [1.82, 2.24) is 0 Å². The first kappa shape index (κ1) is 17.7. The maximum absolute atomic E-state index is 11.5. The summed E-state index contributed by atoms with van der Waals surface area (Å²) >= 11 is 0. The van der Waals surface area contributed by atoms with E-state index in [2.05, 4.69) is 21.1 Å². The van der Waals surface area contributed by atoms with Gasteiger partial charge in [0.05, 0.1) is 21.1 Å². The molecule has 0 N–H and O–H groups in total. The van der Waals surface area contributed by atoms with E-state index < -0.39 is 0 Å². The molecule has 0 aliphatic heterocycles. The topological polar surface area (TPSA) is 26.3 Å². The van der Waals surface area contributed by atoms with Crippen LogP contribution in [0.5, 0.6) is 0 Å². The lowest BCUT2D eigenvalue weighted by Crippen LogP contribution is -3.00. The number of aryl methyl sites for hydroxylation is 1. The zero-order valence-electron chi connectivity index (χ0n) is 12.0. The first-order valence-electron chi connectivity index (χ1n) is 6.09. The number of likely N-dealkylation sites (N-methyl/N-ethyl adjacent to an activating group) is 1. The summed E-state index contributed by atoms with van der Waals surface area (Å²) in [6.45, 7) is 3.29. The quantitative estimate of drug-likeness (QED) is 0.404. The number of nitrogens with zero attached hydrogens (tertiary/aromatic N) is 1. The van der Waals surface area contributed by atoms with Crippen molar-refractivity contribution in [2.75, 3.05) is 34.3 Å². The fourth-order valence-electron chi connectivity index (χ4n) is 1.31. The van der Waals surface area contributed by atoms with Crippen LogP contribution < -0.4 is 12.4 Å². The predicted molar refractivity (Wildman–Crippen MR) is 74.1 cm³/mol. The second-order valence-electron chi connectivity index (χ2n) is 5.43. The number of carbonyl (C=O) groups excluding carboxylic acids is 1. The van der Waals surface area contributed by atoms with Gasteiger partial charge in [-0.1, -0.05) is 29.8 Å². The van der Waals surface area contributed by atoms with Gasteiger partial charge in [0.2, 0.25) is 0 Å². The zero-order valence-corrected chi connectivity index (χ0v) is 12.8. The fraction of sp³-hybridized carbons (Fsp3) is 0.400. The molecular weight excluding hydrogens is 262 g/mol. The predicted octanol–water partition coefficient (Wildman–Crippen LogP) is -0.738. The summed E-state index contributed by atoms with van der Waals surface area (Å²) in [5, 5.41) is 0. The van der Waals surface area contributed by atoms with Gasteiger partial charge >= 0.3 is 5.97 Å². The molecule has 0 radical (unpaired) electrons. The number of ether oxygens (including phenoxy) is 1. The van der Waals surface area contributed by atoms with Crippen LogP contribution in [0.15, 0.2) is 30.3 Å². The van der Waals surface area contributed by atoms with Crippen LogP contribution >= 0.6 is 0 Å². The molecule has 3 nitrogen and oxygen atoms in total. The smallest absolute Gasteiger partial charge is 0.330 e. The van der Waals surface area contributed by atoms with Gasteiger partial charge in [-0.15, -0.1) is 0 Å². The molecular formula is C15H22ClNO2. The lowest BCUT2D eigenvalue weighted by atomic mass is 10.1. The van der Waals surface area contributed by atoms with E-state index in [-0.39, 0.29) is 18.4 Å². The molecule has 1 aromatic carbocycles. The van der Waals surface area contributed by atoms with Gasteiger partial charge in [0.15, 0.2) is 0 Å². The van der Waals surface area contributed by atoms with E-state index in [1.165, 1.54) is 11.6 Å². The van der Waals surface area contributed by atoms with Gasteiger partial charge in [-0.25, -0.2) is 4.79 Å². The Balaban J connectivity index is 0.00000324. The van der Waals surface area contributed by atoms with Crippen LogP contribution in [-0.2, 0) is 9.53 Å². The highest BCUT2D eigenvalue weighted by molar-refractivity contribution is 5.87. The molecule has 0 unspecified atom stereocenters. The van der Waals surface area contributed by atoms with Gasteiger partial charge in [0, 0.05) is 6.08 Å². The number of hydrogen-bond acceptors (Lipinski definition) is 2. The minimum absolute atomic E-state index is 0. The Labute approximate surface area is 121 Å². The van der Waals surface area contributed by atoms with Gasteiger partial charge in [0.25, 0.3) is 0 Å². The number of esters is 1. The van der Waals surface area contributed by atoms with E-state index in [9.17, 15) is 4.79 Å². The van der Waals surface area contributed by atoms with Crippen LogP contribution in [0.3, 0.4) is 0 Å². The third kappa shape index (κ3) is 8.41. The summed E-state index contributed by atoms with van der Waals surface area (Å²) in [7, 11) is 6.20. The minimum Gasteiger partial charge on any atom is -1.00 e. The molecule has 0 heterocycles. The van der Waals surface area contributed by atoms with Crippen molar-refractivity contribution in [2.24, 2.45) is 0 Å². The molecule has 0 saturated carbocycles. The Hall–Kier alpha value is -1.32. The first-order valence-corrected chi connectivity index (χ1v) is 6.09. The summed E-state index contributed by atoms with van der Waals surface area (Å²) < 4.78 is 5.91. The zero-order chi connectivity index (χ0) is 13.6. The molecule has 1 rings (SSSR count). The number of halogens is 1. The maximum Gasteiger partial charge on any atom is 0.330 e. The summed E-state index contributed by atoms with van der Waals surface area (Å²) in [5.41, 5.74) is 2.21. The van der Waals surface area contributed by atoms with Crippen LogP contribution in [-0.4, -0.2) is 44.7 Å². The van der Waals surface area contributed by atoms with E-state index in [1.54, 1.807) is 6.08 Å². The highest BCUT2D eigenvalue weighted by atomic mass is 35.5. The third-order valence-corrected chi connectivity index (χ3v) is 2.50. The first-order chi connectivity index (χ1) is 8.37.